The number of rotatable bonds is 36. The summed E-state index contributed by atoms with van der Waals surface area (Å²) in [7, 11) is 0. The monoisotopic (exact) mass is 1760 g/mol. The molecule has 0 aromatic carbocycles. The van der Waals surface area contributed by atoms with Gasteiger partial charge in [-0.05, 0) is 59.3 Å². The van der Waals surface area contributed by atoms with E-state index in [2.05, 4.69) is 42.5 Å². The molecule has 122 heavy (non-hydrogen) atoms. The molecular weight excluding hydrogens is 1640 g/mol. The Morgan fingerprint density at radius 2 is 1.06 bits per heavy atom. The number of likely N-dealkylation sites (tertiary alicyclic amines) is 3. The predicted molar refractivity (Wildman–Crippen MR) is 395 cm³/mol. The number of ether oxygens (including phenoxy) is 10. The number of nitrogens with one attached hydrogen (secondary N) is 8. The van der Waals surface area contributed by atoms with Gasteiger partial charge in [-0.1, -0.05) is 0 Å². The average Bonchev–Trinajstić information content (AvgIpc) is 0.800. The van der Waals surface area contributed by atoms with Crippen LogP contribution in [0, 0.1) is 0 Å². The average molecular weight is 1760 g/mol. The summed E-state index contributed by atoms with van der Waals surface area (Å²) in [6, 6.07) is -15.9. The summed E-state index contributed by atoms with van der Waals surface area (Å²) in [5.41, 5.74) is 5.37. The first kappa shape index (κ1) is 99.5. The molecule has 0 radical (unpaired) electrons. The van der Waals surface area contributed by atoms with E-state index < -0.39 is 337 Å². The SMILES string of the molecule is CC(=O)N[C@H]1C(O[C@@H]2OC(CO)[C@H](O)C(O)[C@@H]2O)[C@@H](O)C(CO[C@@H]2OC(CO)[C@@H](O[C@@H]3OC(CO)[C@H](O)C(O[C@]4(C(=O)O)C[C@@H](O)[C@@H](NC(C)=O)C([C@H](O)[C@H](O)CO)O4)[C@@H]3O)C(O)[C@@H]2NC(C)=O)O[C@@H]1OC(C)C(NC(=O)C(CO)NC(=O)CNC(=O)C1CCCN1C(C)=O)C(=O)NC(C)C(=O)N1CCCC1C(=O)N1CCCC1C(=O)NC(C)C(N)=O. The maximum atomic E-state index is 15.2. The molecule has 8 aliphatic rings. The molecule has 17 unspecified atom stereocenters. The number of aliphatic carboxylic acids is 1. The number of amides is 12. The van der Waals surface area contributed by atoms with Crippen LogP contribution < -0.4 is 48.3 Å². The maximum absolute atomic E-state index is 15.2. The van der Waals surface area contributed by atoms with Crippen LogP contribution in [0.15, 0.2) is 0 Å². The minimum Gasteiger partial charge on any atom is -0.477 e. The van der Waals surface area contributed by atoms with E-state index in [0.29, 0.717) is 12.8 Å². The van der Waals surface area contributed by atoms with E-state index >= 15 is 4.79 Å². The summed E-state index contributed by atoms with van der Waals surface area (Å²) in [5.74, 6) is -16.3. The molecular formula is C71H114N12O39. The van der Waals surface area contributed by atoms with Gasteiger partial charge in [0.25, 0.3) is 5.79 Å². The molecule has 8 saturated heterocycles. The standard InChI is InChI=1S/C71H114N12O39/c1-25(59(72)104)74-62(107)34-12-9-15-82(34)65(110)35-13-10-16-83(35)64(109)26(2)75-63(108)43(80-60(105)32(19-84)79-42(95)18-73-61(106)33-11-8-14-81(33)31(7)92)27(3)114-67-46(78-30(6)91)56(120-68-53(102)52(101)48(97)38(21-86)115-68)50(99)41(118-67)24-113-66-45(77-29(5)90)51(100)55(40(23-88)117-66)119-69-54(103)58(49(98)39(22-87)116-69)122-71(70(111)112)17-36(93)44(76-28(4)89)57(121-71)47(96)37(94)20-85/h25-27,32-41,43-58,66-69,84-88,93-94,96-103H,8-24H2,1-7H3,(H2,72,104)(H,73,106)(H,74,107)(H,75,108)(H,76,89)(H,77,90)(H,78,91)(H,79,95)(H,80,105)(H,111,112)/t25?,26?,27?,32?,33?,34?,35?,36-,37-,38?,39?,40?,41?,43?,44-,45+,46+,47-,48+,49+,50+,51?,52?,53+,54+,55-,56?,57?,58?,66-,67+,68+,69+,71+/m1/s1. The molecule has 0 aliphatic carbocycles. The first-order valence-electron chi connectivity index (χ1n) is 39.6. The third kappa shape index (κ3) is 23.4. The molecule has 34 atom stereocenters. The Morgan fingerprint density at radius 3 is 1.63 bits per heavy atom. The van der Waals surface area contributed by atoms with Gasteiger partial charge >= 0.3 is 5.97 Å². The Kier molecular flexibility index (Phi) is 35.8. The fourth-order valence-electron chi connectivity index (χ4n) is 15.8. The molecule has 26 N–H and O–H groups in total. The summed E-state index contributed by atoms with van der Waals surface area (Å²) in [6.07, 6.45) is -49.2. The molecule has 51 heteroatoms. The molecule has 0 bridgehead atoms. The van der Waals surface area contributed by atoms with E-state index in [1.54, 1.807) is 0 Å². The van der Waals surface area contributed by atoms with Gasteiger partial charge in [-0.15, -0.1) is 0 Å². The Morgan fingerprint density at radius 1 is 0.525 bits per heavy atom. The molecule has 51 nitrogen and oxygen atoms in total. The third-order valence-electron chi connectivity index (χ3n) is 22.2. The van der Waals surface area contributed by atoms with Crippen molar-refractivity contribution >= 4 is 76.9 Å². The minimum absolute atomic E-state index is 0.0671. The van der Waals surface area contributed by atoms with Gasteiger partial charge in [0, 0.05) is 53.8 Å². The zero-order chi connectivity index (χ0) is 90.5. The molecule has 0 spiro atoms. The highest BCUT2D eigenvalue weighted by Gasteiger charge is 2.62. The lowest BCUT2D eigenvalue weighted by atomic mass is 9.88. The lowest BCUT2D eigenvalue weighted by Gasteiger charge is -2.51. The van der Waals surface area contributed by atoms with Gasteiger partial charge in [-0.2, -0.15) is 0 Å². The number of nitrogens with zero attached hydrogens (tertiary/aromatic N) is 3. The largest absolute Gasteiger partial charge is 0.477 e. The van der Waals surface area contributed by atoms with Gasteiger partial charge in [0.15, 0.2) is 25.2 Å². The lowest BCUT2D eigenvalue weighted by molar-refractivity contribution is -0.383. The van der Waals surface area contributed by atoms with E-state index in [4.69, 9.17) is 53.1 Å². The molecule has 8 rings (SSSR count). The third-order valence-corrected chi connectivity index (χ3v) is 22.2. The van der Waals surface area contributed by atoms with Crippen LogP contribution in [0.2, 0.25) is 0 Å². The van der Waals surface area contributed by atoms with Crippen molar-refractivity contribution in [3.63, 3.8) is 0 Å². The van der Waals surface area contributed by atoms with Crippen molar-refractivity contribution < 1.29 is 191 Å². The molecule has 0 saturated carbocycles. The van der Waals surface area contributed by atoms with Crippen molar-refractivity contribution in [1.82, 2.24) is 57.2 Å². The topological polar surface area (TPSA) is 770 Å². The predicted octanol–water partition coefficient (Wildman–Crippen LogP) is -16.3. The van der Waals surface area contributed by atoms with Crippen molar-refractivity contribution in [2.24, 2.45) is 5.73 Å². The van der Waals surface area contributed by atoms with Gasteiger partial charge in [-0.25, -0.2) is 4.79 Å². The van der Waals surface area contributed by atoms with Crippen LogP contribution in [0.5, 0.6) is 0 Å². The number of hydrogen-bond donors (Lipinski definition) is 25. The summed E-state index contributed by atoms with van der Waals surface area (Å²) in [5, 5.41) is 196. The minimum atomic E-state index is -3.28. The molecule has 8 aliphatic heterocycles. The smallest absolute Gasteiger partial charge is 0.364 e. The van der Waals surface area contributed by atoms with Gasteiger partial charge in [-0.3, -0.25) is 57.5 Å². The molecule has 0 aromatic rings. The Hall–Kier alpha value is -7.89. The van der Waals surface area contributed by atoms with Crippen molar-refractivity contribution in [3.05, 3.63) is 0 Å². The van der Waals surface area contributed by atoms with Gasteiger partial charge < -0.3 is 192 Å². The second-order valence-electron chi connectivity index (χ2n) is 31.1. The Labute approximate surface area is 695 Å². The zero-order valence-corrected chi connectivity index (χ0v) is 67.5. The molecule has 8 fully saturated rings. The highest BCUT2D eigenvalue weighted by molar-refractivity contribution is 5.98. The van der Waals surface area contributed by atoms with Crippen molar-refractivity contribution in [1.29, 1.82) is 0 Å². The van der Waals surface area contributed by atoms with Crippen molar-refractivity contribution in [2.75, 3.05) is 65.8 Å². The number of carboxylic acids is 1. The van der Waals surface area contributed by atoms with Crippen LogP contribution in [-0.2, 0) is 110 Å². The number of aliphatic hydroxyl groups excluding tert-OH is 15. The summed E-state index contributed by atoms with van der Waals surface area (Å²) < 4.78 is 59.8. The first-order valence-corrected chi connectivity index (χ1v) is 39.6. The van der Waals surface area contributed by atoms with E-state index in [0.717, 1.165) is 32.6 Å². The number of carbonyl (C=O) groups is 13. The Bertz CT molecular complexity index is 3660. The quantitative estimate of drug-likeness (QED) is 0.0277. The number of carboxylic acid groups (broad SMARTS) is 1. The van der Waals surface area contributed by atoms with Gasteiger partial charge in [0.2, 0.25) is 70.9 Å². The van der Waals surface area contributed by atoms with E-state index in [1.165, 1.54) is 30.6 Å². The Balaban J connectivity index is 1.10. The fraction of sp³-hybridized carbons (Fsp3) is 0.817. The van der Waals surface area contributed by atoms with Crippen LogP contribution in [0.25, 0.3) is 0 Å². The maximum Gasteiger partial charge on any atom is 0.364 e. The number of hydrogen-bond acceptors (Lipinski definition) is 38. The number of primary amides is 1. The normalized spacial score (nSPS) is 35.9. The number of carbonyl (C=O) groups excluding carboxylic acids is 12. The zero-order valence-electron chi connectivity index (χ0n) is 67.5. The number of nitrogens with two attached hydrogens (primary N) is 1. The van der Waals surface area contributed by atoms with E-state index in [1.807, 2.05) is 0 Å². The first-order chi connectivity index (χ1) is 57.5. The van der Waals surface area contributed by atoms with Gasteiger partial charge in [0.05, 0.1) is 64.4 Å². The molecule has 0 aromatic heterocycles. The second-order valence-corrected chi connectivity index (χ2v) is 31.1. The fourth-order valence-corrected chi connectivity index (χ4v) is 15.8. The summed E-state index contributed by atoms with van der Waals surface area (Å²) >= 11 is 0. The van der Waals surface area contributed by atoms with E-state index in [9.17, 15) is 139 Å². The number of aliphatic hydroxyl groups is 15. The molecule has 692 valence electrons. The van der Waals surface area contributed by atoms with Crippen LogP contribution in [0.1, 0.15) is 93.4 Å². The van der Waals surface area contributed by atoms with Crippen molar-refractivity contribution in [2.45, 2.75) is 301 Å². The van der Waals surface area contributed by atoms with Crippen LogP contribution in [0.4, 0.5) is 0 Å². The van der Waals surface area contributed by atoms with Gasteiger partial charge in [0.1, 0.15) is 158 Å². The summed E-state index contributed by atoms with van der Waals surface area (Å²) in [4.78, 5) is 179. The second kappa shape index (κ2) is 43.8. The van der Waals surface area contributed by atoms with E-state index in [-0.39, 0.29) is 45.3 Å². The van der Waals surface area contributed by atoms with Crippen LogP contribution >= 0.6 is 0 Å². The lowest BCUT2D eigenvalue weighted by Crippen LogP contribution is -2.71. The van der Waals surface area contributed by atoms with Crippen LogP contribution in [-0.4, -0.2) is 446 Å². The highest BCUT2D eigenvalue weighted by atomic mass is 16.8. The van der Waals surface area contributed by atoms with Crippen LogP contribution in [0.3, 0.4) is 0 Å². The highest BCUT2D eigenvalue weighted by Crippen LogP contribution is 2.40. The molecule has 8 heterocycles. The van der Waals surface area contributed by atoms with Crippen molar-refractivity contribution in [3.8, 4) is 0 Å². The summed E-state index contributed by atoms with van der Waals surface area (Å²) in [6.45, 7) is 0.103. The molecule has 12 amide bonds.